The minimum atomic E-state index is -3.84. The Bertz CT molecular complexity index is 551. The molecule has 18 heavy (non-hydrogen) atoms. The van der Waals surface area contributed by atoms with Crippen LogP contribution in [-0.2, 0) is 10.0 Å². The minimum absolute atomic E-state index is 0.118. The van der Waals surface area contributed by atoms with Crippen molar-refractivity contribution >= 4 is 21.6 Å². The second-order valence-electron chi connectivity index (χ2n) is 3.77. The quantitative estimate of drug-likeness (QED) is 0.773. The van der Waals surface area contributed by atoms with Crippen molar-refractivity contribution in [1.82, 2.24) is 4.90 Å². The van der Waals surface area contributed by atoms with Gasteiger partial charge in [0.15, 0.2) is 0 Å². The number of carbonyl (C=O) groups is 1. The molecule has 0 atom stereocenters. The first-order valence-corrected chi connectivity index (χ1v) is 7.07. The number of carbonyl (C=O) groups excluding carboxylic acids is 1. The zero-order valence-corrected chi connectivity index (χ0v) is 11.2. The normalized spacial score (nSPS) is 11.3. The Morgan fingerprint density at radius 1 is 1.28 bits per heavy atom. The van der Waals surface area contributed by atoms with E-state index in [0.29, 0.717) is 13.1 Å². The van der Waals surface area contributed by atoms with Crippen LogP contribution < -0.4 is 10.9 Å². The van der Waals surface area contributed by atoms with Gasteiger partial charge in [0.25, 0.3) is 5.91 Å². The molecule has 0 spiro atoms. The summed E-state index contributed by atoms with van der Waals surface area (Å²) in [5, 5.41) is 5.02. The lowest BCUT2D eigenvalue weighted by Gasteiger charge is -2.19. The van der Waals surface area contributed by atoms with Crippen LogP contribution in [0, 0.1) is 0 Å². The largest absolute Gasteiger partial charge is 0.398 e. The fourth-order valence-electron chi connectivity index (χ4n) is 1.58. The summed E-state index contributed by atoms with van der Waals surface area (Å²) >= 11 is 0. The van der Waals surface area contributed by atoms with Gasteiger partial charge in [-0.2, -0.15) is 0 Å². The molecule has 0 bridgehead atoms. The van der Waals surface area contributed by atoms with Gasteiger partial charge in [0.05, 0.1) is 10.5 Å². The van der Waals surface area contributed by atoms with Crippen molar-refractivity contribution in [3.8, 4) is 0 Å². The summed E-state index contributed by atoms with van der Waals surface area (Å²) < 4.78 is 22.5. The molecule has 100 valence electrons. The molecule has 1 aromatic carbocycles. The Morgan fingerprint density at radius 3 is 2.28 bits per heavy atom. The van der Waals surface area contributed by atoms with Crippen molar-refractivity contribution in [1.29, 1.82) is 0 Å². The summed E-state index contributed by atoms with van der Waals surface area (Å²) in [5.41, 5.74) is 6.09. The number of amides is 1. The van der Waals surface area contributed by atoms with Gasteiger partial charge in [-0.25, -0.2) is 13.6 Å². The van der Waals surface area contributed by atoms with E-state index in [-0.39, 0.29) is 22.1 Å². The van der Waals surface area contributed by atoms with E-state index in [1.807, 2.05) is 13.8 Å². The van der Waals surface area contributed by atoms with Crippen LogP contribution in [0.4, 0.5) is 5.69 Å². The fraction of sp³-hybridized carbons (Fsp3) is 0.364. The van der Waals surface area contributed by atoms with E-state index >= 15 is 0 Å². The van der Waals surface area contributed by atoms with Crippen molar-refractivity contribution < 1.29 is 13.2 Å². The Morgan fingerprint density at radius 2 is 1.83 bits per heavy atom. The molecular formula is C11H17N3O3S. The summed E-state index contributed by atoms with van der Waals surface area (Å²) in [4.78, 5) is 13.6. The van der Waals surface area contributed by atoms with Crippen LogP contribution >= 0.6 is 0 Å². The van der Waals surface area contributed by atoms with E-state index in [0.717, 1.165) is 0 Å². The maximum absolute atomic E-state index is 12.1. The second-order valence-corrected chi connectivity index (χ2v) is 5.33. The predicted octanol–water partition coefficient (Wildman–Crippen LogP) is 0.398. The molecule has 4 N–H and O–H groups in total. The van der Waals surface area contributed by atoms with Crippen LogP contribution in [0.5, 0.6) is 0 Å². The van der Waals surface area contributed by atoms with Gasteiger partial charge in [-0.15, -0.1) is 0 Å². The third-order valence-electron chi connectivity index (χ3n) is 2.63. The van der Waals surface area contributed by atoms with Gasteiger partial charge in [-0.3, -0.25) is 4.79 Å². The number of sulfonamides is 1. The summed E-state index contributed by atoms with van der Waals surface area (Å²) in [6, 6.07) is 3.87. The third-order valence-corrected chi connectivity index (χ3v) is 3.55. The molecule has 0 aliphatic heterocycles. The summed E-state index contributed by atoms with van der Waals surface area (Å²) in [7, 11) is -3.84. The highest BCUT2D eigenvalue weighted by atomic mass is 32.2. The van der Waals surface area contributed by atoms with E-state index in [2.05, 4.69) is 0 Å². The number of hydrogen-bond donors (Lipinski definition) is 2. The van der Waals surface area contributed by atoms with E-state index in [9.17, 15) is 13.2 Å². The number of anilines is 1. The highest BCUT2D eigenvalue weighted by Gasteiger charge is 2.18. The maximum atomic E-state index is 12.1. The average molecular weight is 271 g/mol. The first-order chi connectivity index (χ1) is 8.31. The third kappa shape index (κ3) is 2.99. The molecule has 0 unspecified atom stereocenters. The number of nitrogens with zero attached hydrogens (tertiary/aromatic N) is 1. The van der Waals surface area contributed by atoms with Crippen molar-refractivity contribution in [2.45, 2.75) is 18.7 Å². The minimum Gasteiger partial charge on any atom is -0.398 e. The van der Waals surface area contributed by atoms with E-state index in [1.54, 1.807) is 4.90 Å². The topological polar surface area (TPSA) is 106 Å². The van der Waals surface area contributed by atoms with Gasteiger partial charge in [-0.05, 0) is 32.0 Å². The molecule has 6 nitrogen and oxygen atoms in total. The molecular weight excluding hydrogens is 254 g/mol. The Labute approximate surface area is 107 Å². The molecule has 0 fully saturated rings. The standard InChI is InChI=1S/C11H17N3O3S/c1-3-14(4-2)11(15)9-7-8(18(13,16)17)5-6-10(9)12/h5-7H,3-4,12H2,1-2H3,(H2,13,16,17). The number of primary sulfonamides is 1. The molecule has 0 heterocycles. The first kappa shape index (κ1) is 14.5. The average Bonchev–Trinajstić information content (AvgIpc) is 2.29. The Hall–Kier alpha value is -1.60. The Balaban J connectivity index is 3.28. The van der Waals surface area contributed by atoms with Crippen LogP contribution in [0.1, 0.15) is 24.2 Å². The van der Waals surface area contributed by atoms with E-state index in [4.69, 9.17) is 10.9 Å². The lowest BCUT2D eigenvalue weighted by molar-refractivity contribution is 0.0774. The van der Waals surface area contributed by atoms with Crippen molar-refractivity contribution in [2.24, 2.45) is 5.14 Å². The van der Waals surface area contributed by atoms with Crippen LogP contribution in [0.25, 0.3) is 0 Å². The van der Waals surface area contributed by atoms with Gasteiger partial charge in [0.2, 0.25) is 10.0 Å². The van der Waals surface area contributed by atoms with Gasteiger partial charge >= 0.3 is 0 Å². The maximum Gasteiger partial charge on any atom is 0.255 e. The lowest BCUT2D eigenvalue weighted by Crippen LogP contribution is -2.31. The van der Waals surface area contributed by atoms with Crippen LogP contribution in [0.2, 0.25) is 0 Å². The zero-order chi connectivity index (χ0) is 13.9. The van der Waals surface area contributed by atoms with Crippen molar-refractivity contribution in [3.63, 3.8) is 0 Å². The zero-order valence-electron chi connectivity index (χ0n) is 10.4. The van der Waals surface area contributed by atoms with Crippen LogP contribution in [-0.4, -0.2) is 32.3 Å². The number of benzene rings is 1. The van der Waals surface area contributed by atoms with Crippen molar-refractivity contribution in [3.05, 3.63) is 23.8 Å². The second kappa shape index (κ2) is 5.36. The number of nitrogen functional groups attached to an aromatic ring is 1. The molecule has 0 aliphatic carbocycles. The van der Waals surface area contributed by atoms with Gasteiger partial charge in [-0.1, -0.05) is 0 Å². The van der Waals surface area contributed by atoms with Gasteiger partial charge in [0.1, 0.15) is 0 Å². The molecule has 1 aromatic rings. The van der Waals surface area contributed by atoms with Crippen LogP contribution in [0.3, 0.4) is 0 Å². The summed E-state index contributed by atoms with van der Waals surface area (Å²) in [6.07, 6.45) is 0. The fourth-order valence-corrected chi connectivity index (χ4v) is 2.12. The summed E-state index contributed by atoms with van der Waals surface area (Å²) in [5.74, 6) is -0.303. The van der Waals surface area contributed by atoms with E-state index < -0.39 is 10.0 Å². The molecule has 0 aromatic heterocycles. The highest BCUT2D eigenvalue weighted by Crippen LogP contribution is 2.18. The van der Waals surface area contributed by atoms with Gasteiger partial charge in [0, 0.05) is 18.8 Å². The van der Waals surface area contributed by atoms with Crippen molar-refractivity contribution in [2.75, 3.05) is 18.8 Å². The van der Waals surface area contributed by atoms with Crippen LogP contribution in [0.15, 0.2) is 23.1 Å². The smallest absolute Gasteiger partial charge is 0.255 e. The molecule has 0 saturated carbocycles. The molecule has 0 radical (unpaired) electrons. The Kier molecular flexibility index (Phi) is 4.31. The number of hydrogen-bond acceptors (Lipinski definition) is 4. The number of rotatable bonds is 4. The highest BCUT2D eigenvalue weighted by molar-refractivity contribution is 7.89. The van der Waals surface area contributed by atoms with Gasteiger partial charge < -0.3 is 10.6 Å². The molecule has 0 saturated heterocycles. The molecule has 7 heteroatoms. The predicted molar refractivity (Wildman–Crippen MR) is 69.5 cm³/mol. The summed E-state index contributed by atoms with van der Waals surface area (Å²) in [6.45, 7) is 4.71. The lowest BCUT2D eigenvalue weighted by atomic mass is 10.1. The molecule has 0 aliphatic rings. The number of nitrogens with two attached hydrogens (primary N) is 2. The first-order valence-electron chi connectivity index (χ1n) is 5.52. The SMILES string of the molecule is CCN(CC)C(=O)c1cc(S(N)(=O)=O)ccc1N. The van der Waals surface area contributed by atoms with E-state index in [1.165, 1.54) is 18.2 Å². The molecule has 1 amide bonds. The monoisotopic (exact) mass is 271 g/mol. The molecule has 1 rings (SSSR count).